The number of nitrogens with two attached hydrogens (primary N) is 1. The number of thioether (sulfide) groups is 1. The number of amides is 1. The third kappa shape index (κ3) is 4.59. The van der Waals surface area contributed by atoms with Crippen molar-refractivity contribution in [2.45, 2.75) is 15.2 Å². The number of sulfone groups is 1. The van der Waals surface area contributed by atoms with Crippen LogP contribution in [0.3, 0.4) is 0 Å². The molecular weight excluding hydrogens is 565 g/mol. The fourth-order valence-corrected chi connectivity index (χ4v) is 4.71. The van der Waals surface area contributed by atoms with Crippen LogP contribution in [-0.2, 0) is 14.6 Å². The molecule has 0 fully saturated rings. The number of anilines is 1. The molecule has 1 amide bonds. The van der Waals surface area contributed by atoms with Crippen LogP contribution in [0.1, 0.15) is 6.92 Å². The standard InChI is InChI=1S/C19H18IN7O3S2/c1-9(20)31-8-14(21)18(28)24-15-4-10(5-16-13(15)7-23-25-16)11-3-12-17(22-6-11)26-27-19(12)32(2,29)30/h3-9H,21H2,1-2H3,(H,23,25)(H,24,28)(H,22,26,27)/b14-8-. The number of aromatic amines is 2. The van der Waals surface area contributed by atoms with Gasteiger partial charge in [0, 0.05) is 28.8 Å². The number of fused-ring (bicyclic) bond motifs is 2. The molecule has 0 radical (unpaired) electrons. The predicted octanol–water partition coefficient (Wildman–Crippen LogP) is 3.16. The lowest BCUT2D eigenvalue weighted by Crippen LogP contribution is -2.20. The van der Waals surface area contributed by atoms with Crippen molar-refractivity contribution >= 4 is 77.7 Å². The lowest BCUT2D eigenvalue weighted by atomic mass is 10.0. The summed E-state index contributed by atoms with van der Waals surface area (Å²) in [5, 5.41) is 18.9. The molecule has 0 aliphatic rings. The van der Waals surface area contributed by atoms with Crippen LogP contribution in [0.4, 0.5) is 5.69 Å². The number of carbonyl (C=O) groups is 1. The summed E-state index contributed by atoms with van der Waals surface area (Å²) in [6.45, 7) is 1.99. The largest absolute Gasteiger partial charge is 0.394 e. The monoisotopic (exact) mass is 583 g/mol. The summed E-state index contributed by atoms with van der Waals surface area (Å²) >= 11 is 3.67. The van der Waals surface area contributed by atoms with Crippen LogP contribution in [0.2, 0.25) is 0 Å². The Morgan fingerprint density at radius 3 is 2.72 bits per heavy atom. The highest BCUT2D eigenvalue weighted by Gasteiger charge is 2.18. The van der Waals surface area contributed by atoms with Crippen molar-refractivity contribution in [1.29, 1.82) is 0 Å². The summed E-state index contributed by atoms with van der Waals surface area (Å²) in [6, 6.07) is 5.30. The van der Waals surface area contributed by atoms with Gasteiger partial charge in [0.2, 0.25) is 0 Å². The van der Waals surface area contributed by atoms with E-state index in [2.05, 4.69) is 53.3 Å². The van der Waals surface area contributed by atoms with Gasteiger partial charge < -0.3 is 11.1 Å². The van der Waals surface area contributed by atoms with Crippen molar-refractivity contribution in [3.63, 3.8) is 0 Å². The van der Waals surface area contributed by atoms with Gasteiger partial charge in [-0.05, 0) is 30.7 Å². The zero-order valence-corrected chi connectivity index (χ0v) is 20.7. The summed E-state index contributed by atoms with van der Waals surface area (Å²) in [6.07, 6.45) is 4.30. The number of nitrogens with one attached hydrogen (secondary N) is 3. The third-order valence-corrected chi connectivity index (χ3v) is 7.18. The van der Waals surface area contributed by atoms with Crippen LogP contribution in [0.25, 0.3) is 33.1 Å². The minimum Gasteiger partial charge on any atom is -0.394 e. The Labute approximate surface area is 200 Å². The number of benzene rings is 1. The van der Waals surface area contributed by atoms with Crippen LogP contribution >= 0.6 is 34.4 Å². The lowest BCUT2D eigenvalue weighted by molar-refractivity contribution is -0.112. The first kappa shape index (κ1) is 22.5. The van der Waals surface area contributed by atoms with Crippen LogP contribution < -0.4 is 11.1 Å². The van der Waals surface area contributed by atoms with Gasteiger partial charge in [0.15, 0.2) is 20.5 Å². The van der Waals surface area contributed by atoms with Crippen molar-refractivity contribution in [3.05, 3.63) is 41.7 Å². The second-order valence-electron chi connectivity index (χ2n) is 6.98. The van der Waals surface area contributed by atoms with E-state index in [1.54, 1.807) is 29.9 Å². The van der Waals surface area contributed by atoms with Gasteiger partial charge in [0.1, 0.15) is 5.70 Å². The third-order valence-electron chi connectivity index (χ3n) is 4.52. The summed E-state index contributed by atoms with van der Waals surface area (Å²) in [7, 11) is -3.53. The van der Waals surface area contributed by atoms with Gasteiger partial charge in [-0.15, -0.1) is 11.8 Å². The average Bonchev–Trinajstić information content (AvgIpc) is 3.37. The van der Waals surface area contributed by atoms with Crippen molar-refractivity contribution in [1.82, 2.24) is 25.4 Å². The van der Waals surface area contributed by atoms with Crippen molar-refractivity contribution in [3.8, 4) is 11.1 Å². The Morgan fingerprint density at radius 1 is 1.22 bits per heavy atom. The molecule has 0 saturated heterocycles. The first-order valence-electron chi connectivity index (χ1n) is 9.21. The van der Waals surface area contributed by atoms with Crippen molar-refractivity contribution in [2.24, 2.45) is 5.73 Å². The molecule has 3 heterocycles. The van der Waals surface area contributed by atoms with Crippen LogP contribution in [-0.4, -0.2) is 49.2 Å². The van der Waals surface area contributed by atoms with E-state index in [0.717, 1.165) is 6.26 Å². The number of halogens is 1. The molecule has 166 valence electrons. The summed E-state index contributed by atoms with van der Waals surface area (Å²) in [5.41, 5.74) is 8.92. The van der Waals surface area contributed by atoms with Crippen LogP contribution in [0.15, 0.2) is 46.7 Å². The molecule has 1 atom stereocenters. The average molecular weight is 583 g/mol. The fraction of sp³-hybridized carbons (Fsp3) is 0.158. The molecule has 0 aliphatic carbocycles. The number of alkyl halides is 1. The Bertz CT molecular complexity index is 1470. The number of hydrogen-bond acceptors (Lipinski definition) is 8. The number of rotatable bonds is 6. The zero-order chi connectivity index (χ0) is 23.0. The number of carbonyl (C=O) groups excluding carboxylic acids is 1. The normalized spacial score (nSPS) is 13.5. The molecule has 0 spiro atoms. The van der Waals surface area contributed by atoms with Gasteiger partial charge in [-0.1, -0.05) is 22.6 Å². The highest BCUT2D eigenvalue weighted by atomic mass is 127. The van der Waals surface area contributed by atoms with E-state index in [1.165, 1.54) is 11.8 Å². The number of nitrogens with zero attached hydrogens (tertiary/aromatic N) is 3. The Kier molecular flexibility index (Phi) is 6.13. The van der Waals surface area contributed by atoms with Gasteiger partial charge in [0.25, 0.3) is 5.91 Å². The molecule has 4 rings (SSSR count). The number of pyridine rings is 1. The summed E-state index contributed by atoms with van der Waals surface area (Å²) in [5.74, 6) is -0.433. The molecule has 3 aromatic heterocycles. The number of hydrogen-bond donors (Lipinski definition) is 4. The molecule has 10 nitrogen and oxygen atoms in total. The van der Waals surface area contributed by atoms with E-state index in [9.17, 15) is 13.2 Å². The first-order valence-corrected chi connectivity index (χ1v) is 13.3. The van der Waals surface area contributed by atoms with Gasteiger partial charge in [-0.25, -0.2) is 13.4 Å². The van der Waals surface area contributed by atoms with Crippen molar-refractivity contribution in [2.75, 3.05) is 11.6 Å². The Morgan fingerprint density at radius 2 is 2.00 bits per heavy atom. The van der Waals surface area contributed by atoms with Gasteiger partial charge in [-0.3, -0.25) is 15.0 Å². The van der Waals surface area contributed by atoms with E-state index < -0.39 is 15.7 Å². The van der Waals surface area contributed by atoms with Crippen molar-refractivity contribution < 1.29 is 13.2 Å². The van der Waals surface area contributed by atoms with Gasteiger partial charge in [0.05, 0.1) is 26.0 Å². The molecular formula is C19H18IN7O3S2. The molecule has 1 unspecified atom stereocenters. The van der Waals surface area contributed by atoms with E-state index in [-0.39, 0.29) is 14.0 Å². The Balaban J connectivity index is 1.77. The van der Waals surface area contributed by atoms with Crippen LogP contribution in [0, 0.1) is 0 Å². The maximum absolute atomic E-state index is 12.6. The fourth-order valence-electron chi connectivity index (χ4n) is 3.06. The second-order valence-corrected chi connectivity index (χ2v) is 12.8. The highest BCUT2D eigenvalue weighted by Crippen LogP contribution is 2.32. The number of H-pyrrole nitrogens is 2. The van der Waals surface area contributed by atoms with E-state index in [0.29, 0.717) is 38.8 Å². The van der Waals surface area contributed by atoms with E-state index >= 15 is 0 Å². The molecule has 4 aromatic rings. The molecule has 32 heavy (non-hydrogen) atoms. The quantitative estimate of drug-likeness (QED) is 0.153. The maximum Gasteiger partial charge on any atom is 0.272 e. The highest BCUT2D eigenvalue weighted by molar-refractivity contribution is 14.1. The molecule has 0 saturated carbocycles. The minimum absolute atomic E-state index is 0.0714. The van der Waals surface area contributed by atoms with E-state index in [1.807, 2.05) is 13.0 Å². The number of aromatic nitrogens is 5. The van der Waals surface area contributed by atoms with Crippen LogP contribution in [0.5, 0.6) is 0 Å². The molecule has 1 aromatic carbocycles. The SMILES string of the molecule is CC(I)S/C=C(\N)C(=O)Nc1cc(-c2cnc3[nH]nc(S(C)(=O)=O)c3c2)cc2[nH]ncc12. The smallest absolute Gasteiger partial charge is 0.272 e. The predicted molar refractivity (Wildman–Crippen MR) is 134 cm³/mol. The second kappa shape index (κ2) is 8.71. The van der Waals surface area contributed by atoms with E-state index in [4.69, 9.17) is 5.73 Å². The molecule has 13 heteroatoms. The molecule has 0 aliphatic heterocycles. The molecule has 0 bridgehead atoms. The van der Waals surface area contributed by atoms with Gasteiger partial charge >= 0.3 is 0 Å². The Hall–Kier alpha value is -2.65. The summed E-state index contributed by atoms with van der Waals surface area (Å²) < 4.78 is 24.3. The molecule has 5 N–H and O–H groups in total. The maximum atomic E-state index is 12.6. The minimum atomic E-state index is -3.53. The summed E-state index contributed by atoms with van der Waals surface area (Å²) in [4.78, 5) is 16.9. The van der Waals surface area contributed by atoms with Gasteiger partial charge in [-0.2, -0.15) is 10.2 Å². The zero-order valence-electron chi connectivity index (χ0n) is 16.9. The first-order chi connectivity index (χ1) is 15.1. The lowest BCUT2D eigenvalue weighted by Gasteiger charge is -2.10. The topological polar surface area (TPSA) is 160 Å².